The number of carbonyl (C=O) groups excluding carboxylic acids is 3. The highest BCUT2D eigenvalue weighted by Crippen LogP contribution is 2.48. The number of thiazole rings is 1. The minimum absolute atomic E-state index is 0.0803. The molecule has 4 heterocycles. The molecule has 0 bridgehead atoms. The van der Waals surface area contributed by atoms with Crippen LogP contribution in [0.25, 0.3) is 21.6 Å². The normalized spacial score (nSPS) is 26.4. The number of hydrogen-bond donors (Lipinski definition) is 3. The number of benzene rings is 1. The van der Waals surface area contributed by atoms with Gasteiger partial charge in [-0.2, -0.15) is 0 Å². The monoisotopic (exact) mass is 784 g/mol. The quantitative estimate of drug-likeness (QED) is 0.244. The number of rotatable bonds is 8. The van der Waals surface area contributed by atoms with E-state index in [2.05, 4.69) is 29.2 Å². The van der Waals surface area contributed by atoms with Crippen LogP contribution >= 0.6 is 22.9 Å². The number of pyridine rings is 1. The average Bonchev–Trinajstić information content (AvgIpc) is 3.89. The number of halogens is 1. The number of nitrogens with one attached hydrogen (secondary N) is 3. The summed E-state index contributed by atoms with van der Waals surface area (Å²) in [6.45, 7) is 6.26. The molecular weight excluding hydrogens is 740 g/mol. The Morgan fingerprint density at radius 1 is 1.15 bits per heavy atom. The van der Waals surface area contributed by atoms with Gasteiger partial charge in [0, 0.05) is 35.7 Å². The van der Waals surface area contributed by atoms with Crippen LogP contribution in [0.3, 0.4) is 0 Å². The van der Waals surface area contributed by atoms with Gasteiger partial charge in [-0.15, -0.1) is 11.3 Å². The molecule has 4 atom stereocenters. The van der Waals surface area contributed by atoms with Gasteiger partial charge in [-0.05, 0) is 63.5 Å². The van der Waals surface area contributed by atoms with E-state index >= 15 is 0 Å². The Morgan fingerprint density at radius 2 is 1.94 bits per heavy atom. The molecule has 0 spiro atoms. The Bertz CT molecular complexity index is 2080. The molecule has 1 aromatic carbocycles. The molecule has 1 saturated heterocycles. The summed E-state index contributed by atoms with van der Waals surface area (Å²) in [4.78, 5) is 52.7. The zero-order valence-electron chi connectivity index (χ0n) is 30.2. The van der Waals surface area contributed by atoms with Crippen molar-refractivity contribution in [3.8, 4) is 22.2 Å². The van der Waals surface area contributed by atoms with E-state index in [9.17, 15) is 22.8 Å². The maximum absolute atomic E-state index is 14.2. The number of ether oxygens (including phenoxy) is 2. The van der Waals surface area contributed by atoms with Crippen LogP contribution in [-0.4, -0.2) is 83.8 Å². The number of allylic oxidation sites excluding steroid dienone is 1. The lowest BCUT2D eigenvalue weighted by molar-refractivity contribution is -0.131. The van der Waals surface area contributed by atoms with Crippen LogP contribution in [0.15, 0.2) is 35.7 Å². The van der Waals surface area contributed by atoms with Crippen molar-refractivity contribution in [2.24, 2.45) is 5.92 Å². The van der Waals surface area contributed by atoms with Gasteiger partial charge in [-0.1, -0.05) is 44.0 Å². The number of nitrogens with zero attached hydrogens (tertiary/aromatic N) is 3. The van der Waals surface area contributed by atoms with Crippen molar-refractivity contribution >= 4 is 61.7 Å². The zero-order chi connectivity index (χ0) is 37.7. The molecule has 3 aromatic rings. The van der Waals surface area contributed by atoms with Crippen LogP contribution < -0.4 is 24.8 Å². The minimum Gasteiger partial charge on any atom is -0.495 e. The highest BCUT2D eigenvalue weighted by atomic mass is 35.5. The number of sulfonamides is 1. The lowest BCUT2D eigenvalue weighted by Crippen LogP contribution is -2.57. The molecule has 2 saturated carbocycles. The Morgan fingerprint density at radius 3 is 2.66 bits per heavy atom. The van der Waals surface area contributed by atoms with Crippen molar-refractivity contribution in [1.29, 1.82) is 0 Å². The van der Waals surface area contributed by atoms with Crippen molar-refractivity contribution in [2.45, 2.75) is 100 Å². The minimum atomic E-state index is -3.95. The Labute approximate surface area is 318 Å². The van der Waals surface area contributed by atoms with Crippen molar-refractivity contribution in [2.75, 3.05) is 20.2 Å². The molecule has 13 nitrogen and oxygen atoms in total. The molecule has 0 radical (unpaired) electrons. The second-order valence-corrected chi connectivity index (χ2v) is 18.5. The van der Waals surface area contributed by atoms with Gasteiger partial charge in [0.25, 0.3) is 5.91 Å². The van der Waals surface area contributed by atoms with Gasteiger partial charge in [0.05, 0.1) is 29.6 Å². The fourth-order valence-electron chi connectivity index (χ4n) is 6.97. The van der Waals surface area contributed by atoms with E-state index in [0.29, 0.717) is 57.5 Å². The van der Waals surface area contributed by atoms with Gasteiger partial charge in [-0.25, -0.2) is 23.2 Å². The molecule has 16 heteroatoms. The first-order valence-corrected chi connectivity index (χ1v) is 20.9. The second-order valence-electron chi connectivity index (χ2n) is 15.0. The molecule has 4 aliphatic rings. The number of urea groups is 1. The van der Waals surface area contributed by atoms with Crippen molar-refractivity contribution in [1.82, 2.24) is 30.2 Å². The fraction of sp³-hybridized carbons (Fsp3) is 0.541. The number of hydrogen-bond acceptors (Lipinski definition) is 10. The summed E-state index contributed by atoms with van der Waals surface area (Å²) in [7, 11) is -2.42. The third kappa shape index (κ3) is 7.31. The summed E-state index contributed by atoms with van der Waals surface area (Å²) in [5.74, 6) is -0.585. The van der Waals surface area contributed by atoms with Crippen LogP contribution in [0, 0.1) is 5.92 Å². The molecule has 53 heavy (non-hydrogen) atoms. The number of fused-ring (bicyclic) bond motifs is 3. The molecule has 3 fully saturated rings. The van der Waals surface area contributed by atoms with E-state index in [1.54, 1.807) is 25.1 Å². The summed E-state index contributed by atoms with van der Waals surface area (Å²) in [6.07, 6.45) is 7.83. The van der Waals surface area contributed by atoms with Gasteiger partial charge in [-0.3, -0.25) is 14.3 Å². The SMILES string of the molecule is COc1ccc2c(OC3CC4C(=O)NC5(C(=O)NS(=O)(=O)C6(C)CC6)CC5/C=C\CCCCCNC(=O)N4C3)cc(-c3nc(C(C)C)cs3)nc2c1Cl. The number of aromatic nitrogens is 2. The maximum atomic E-state index is 14.2. The molecule has 2 aliphatic carbocycles. The standard InChI is InChI=1S/C37H45ClN6O7S2/c1-21(2)26-20-52-33(41-26)25-17-29(24-11-12-28(50-4)30(38)31(24)40-25)51-23-16-27-32(45)42-37(34(46)43-53(48,49)36(3)13-14-36)18-22(37)10-8-6-5-7-9-15-39-35(47)44(27)19-23/h8,10-12,17,20-23,27H,5-7,9,13-16,18-19H2,1-4H3,(H,39,47)(H,42,45)(H,43,46)/b10-8-. The Kier molecular flexibility index (Phi) is 10.1. The summed E-state index contributed by atoms with van der Waals surface area (Å²) in [6, 6.07) is 3.91. The van der Waals surface area contributed by atoms with Crippen molar-refractivity contribution in [3.63, 3.8) is 0 Å². The van der Waals surface area contributed by atoms with E-state index in [0.717, 1.165) is 31.4 Å². The smallest absolute Gasteiger partial charge is 0.318 e. The van der Waals surface area contributed by atoms with E-state index in [4.69, 9.17) is 31.0 Å². The Hall–Kier alpha value is -3.95. The molecular formula is C37H45ClN6O7S2. The molecule has 284 valence electrons. The summed E-state index contributed by atoms with van der Waals surface area (Å²) in [5.41, 5.74) is 0.488. The van der Waals surface area contributed by atoms with E-state index < -0.39 is 50.3 Å². The lowest BCUT2D eigenvalue weighted by Gasteiger charge is -2.27. The summed E-state index contributed by atoms with van der Waals surface area (Å²) < 4.78 is 39.6. The van der Waals surface area contributed by atoms with Gasteiger partial charge in [0.15, 0.2) is 0 Å². The first kappa shape index (κ1) is 37.4. The van der Waals surface area contributed by atoms with Crippen molar-refractivity contribution in [3.05, 3.63) is 46.4 Å². The van der Waals surface area contributed by atoms with Crippen LogP contribution in [0.5, 0.6) is 11.5 Å². The number of amides is 4. The van der Waals surface area contributed by atoms with Crippen LogP contribution in [-0.2, 0) is 19.6 Å². The number of methoxy groups -OCH3 is 1. The van der Waals surface area contributed by atoms with E-state index in [1.165, 1.54) is 23.3 Å². The highest BCUT2D eigenvalue weighted by Gasteiger charge is 2.63. The number of carbonyl (C=O) groups is 3. The maximum Gasteiger partial charge on any atom is 0.318 e. The largest absolute Gasteiger partial charge is 0.495 e. The van der Waals surface area contributed by atoms with Crippen molar-refractivity contribution < 1.29 is 32.3 Å². The first-order chi connectivity index (χ1) is 25.2. The third-order valence-electron chi connectivity index (χ3n) is 10.8. The van der Waals surface area contributed by atoms with Gasteiger partial charge >= 0.3 is 6.03 Å². The second kappa shape index (κ2) is 14.4. The van der Waals surface area contributed by atoms with E-state index in [1.807, 2.05) is 17.5 Å². The van der Waals surface area contributed by atoms with Crippen LogP contribution in [0.2, 0.25) is 5.02 Å². The summed E-state index contributed by atoms with van der Waals surface area (Å²) in [5, 5.41) is 9.47. The third-order valence-corrected chi connectivity index (χ3v) is 14.2. The topological polar surface area (TPSA) is 169 Å². The predicted molar refractivity (Wildman–Crippen MR) is 203 cm³/mol. The van der Waals surface area contributed by atoms with E-state index in [-0.39, 0.29) is 31.2 Å². The summed E-state index contributed by atoms with van der Waals surface area (Å²) >= 11 is 8.25. The molecule has 2 aromatic heterocycles. The molecule has 7 rings (SSSR count). The molecule has 3 N–H and O–H groups in total. The average molecular weight is 785 g/mol. The van der Waals surface area contributed by atoms with Gasteiger partial charge in [0.2, 0.25) is 15.9 Å². The predicted octanol–water partition coefficient (Wildman–Crippen LogP) is 5.68. The fourth-order valence-corrected chi connectivity index (χ4v) is 9.50. The first-order valence-electron chi connectivity index (χ1n) is 18.1. The molecule has 2 aliphatic heterocycles. The molecule has 4 unspecified atom stereocenters. The zero-order valence-corrected chi connectivity index (χ0v) is 32.6. The lowest BCUT2D eigenvalue weighted by atomic mass is 10.1. The van der Waals surface area contributed by atoms with Crippen LogP contribution in [0.4, 0.5) is 4.79 Å². The van der Waals surface area contributed by atoms with Gasteiger partial charge in [0.1, 0.15) is 44.9 Å². The highest BCUT2D eigenvalue weighted by molar-refractivity contribution is 7.91. The Balaban J connectivity index is 1.20. The molecule has 4 amide bonds. The van der Waals surface area contributed by atoms with Crippen LogP contribution in [0.1, 0.15) is 83.7 Å². The van der Waals surface area contributed by atoms with Gasteiger partial charge < -0.3 is 25.0 Å².